The maximum atomic E-state index is 13.2. The number of piperazine rings is 1. The van der Waals surface area contributed by atoms with Gasteiger partial charge in [0.1, 0.15) is 18.1 Å². The molecule has 6 nitrogen and oxygen atoms in total. The van der Waals surface area contributed by atoms with Crippen LogP contribution in [-0.4, -0.2) is 47.0 Å². The van der Waals surface area contributed by atoms with Gasteiger partial charge in [0.25, 0.3) is 5.91 Å². The summed E-state index contributed by atoms with van der Waals surface area (Å²) in [6.45, 7) is 9.84. The Morgan fingerprint density at radius 3 is 2.34 bits per heavy atom. The van der Waals surface area contributed by atoms with E-state index in [1.165, 1.54) is 5.56 Å². The van der Waals surface area contributed by atoms with Gasteiger partial charge in [-0.15, -0.1) is 0 Å². The maximum absolute atomic E-state index is 13.2. The van der Waals surface area contributed by atoms with E-state index in [4.69, 9.17) is 20.9 Å². The number of hydrogen-bond acceptors (Lipinski definition) is 5. The standard InChI is InChI=1S/C25H28ClN3O3/c1-17-5-4-6-18(2)24(17)31-16-22-19(3)32-27-23(22)25(30)29-13-11-28(12-14-29)15-20-7-9-21(26)10-8-20/h4-10H,11-16H2,1-3H3. The van der Waals surface area contributed by atoms with Crippen LogP contribution in [0.15, 0.2) is 47.0 Å². The van der Waals surface area contributed by atoms with Crippen molar-refractivity contribution in [1.29, 1.82) is 0 Å². The number of aromatic nitrogens is 1. The van der Waals surface area contributed by atoms with Crippen LogP contribution in [0.3, 0.4) is 0 Å². The minimum atomic E-state index is -0.104. The van der Waals surface area contributed by atoms with Crippen LogP contribution in [-0.2, 0) is 13.2 Å². The number of aryl methyl sites for hydroxylation is 3. The summed E-state index contributed by atoms with van der Waals surface area (Å²) < 4.78 is 11.4. The van der Waals surface area contributed by atoms with E-state index in [9.17, 15) is 4.79 Å². The number of carbonyl (C=O) groups excluding carboxylic acids is 1. The van der Waals surface area contributed by atoms with Crippen molar-refractivity contribution in [3.63, 3.8) is 0 Å². The molecule has 0 bridgehead atoms. The van der Waals surface area contributed by atoms with Crippen LogP contribution in [0.4, 0.5) is 0 Å². The lowest BCUT2D eigenvalue weighted by Crippen LogP contribution is -2.48. The van der Waals surface area contributed by atoms with E-state index in [-0.39, 0.29) is 12.5 Å². The van der Waals surface area contributed by atoms with E-state index in [0.717, 1.165) is 41.5 Å². The van der Waals surface area contributed by atoms with Crippen LogP contribution in [0.2, 0.25) is 5.02 Å². The minimum absolute atomic E-state index is 0.104. The summed E-state index contributed by atoms with van der Waals surface area (Å²) in [5.74, 6) is 1.34. The highest BCUT2D eigenvalue weighted by Crippen LogP contribution is 2.25. The van der Waals surface area contributed by atoms with Gasteiger partial charge in [-0.25, -0.2) is 0 Å². The van der Waals surface area contributed by atoms with Crippen molar-refractivity contribution in [3.05, 3.63) is 81.2 Å². The van der Waals surface area contributed by atoms with Gasteiger partial charge in [0.05, 0.1) is 5.56 Å². The molecule has 1 aromatic heterocycles. The van der Waals surface area contributed by atoms with Crippen LogP contribution >= 0.6 is 11.6 Å². The molecule has 1 aliphatic rings. The fraction of sp³-hybridized carbons (Fsp3) is 0.360. The summed E-state index contributed by atoms with van der Waals surface area (Å²) >= 11 is 5.97. The van der Waals surface area contributed by atoms with Gasteiger partial charge in [0.15, 0.2) is 5.69 Å². The molecule has 3 aromatic rings. The third-order valence-electron chi connectivity index (χ3n) is 5.94. The first-order valence-corrected chi connectivity index (χ1v) is 11.2. The quantitative estimate of drug-likeness (QED) is 0.537. The zero-order valence-corrected chi connectivity index (χ0v) is 19.5. The lowest BCUT2D eigenvalue weighted by atomic mass is 10.1. The van der Waals surface area contributed by atoms with Crippen molar-refractivity contribution in [2.24, 2.45) is 0 Å². The Morgan fingerprint density at radius 1 is 1.03 bits per heavy atom. The van der Waals surface area contributed by atoms with Crippen molar-refractivity contribution < 1.29 is 14.1 Å². The third kappa shape index (κ3) is 4.97. The Kier molecular flexibility index (Phi) is 6.82. The van der Waals surface area contributed by atoms with Crippen LogP contribution in [0.5, 0.6) is 5.75 Å². The lowest BCUT2D eigenvalue weighted by molar-refractivity contribution is 0.0616. The minimum Gasteiger partial charge on any atom is -0.488 e. The van der Waals surface area contributed by atoms with E-state index < -0.39 is 0 Å². The molecule has 32 heavy (non-hydrogen) atoms. The molecule has 1 amide bonds. The predicted octanol–water partition coefficient (Wildman–Crippen LogP) is 4.79. The van der Waals surface area contributed by atoms with Crippen LogP contribution in [0.25, 0.3) is 0 Å². The molecule has 0 atom stereocenters. The second-order valence-corrected chi connectivity index (χ2v) is 8.71. The van der Waals surface area contributed by atoms with Crippen LogP contribution in [0, 0.1) is 20.8 Å². The average molecular weight is 454 g/mol. The molecule has 0 radical (unpaired) electrons. The lowest BCUT2D eigenvalue weighted by Gasteiger charge is -2.34. The normalized spacial score (nSPS) is 14.6. The van der Waals surface area contributed by atoms with Crippen molar-refractivity contribution in [2.45, 2.75) is 33.9 Å². The van der Waals surface area contributed by atoms with Gasteiger partial charge in [0.2, 0.25) is 0 Å². The Labute approximate surface area is 193 Å². The molecular weight excluding hydrogens is 426 g/mol. The summed E-state index contributed by atoms with van der Waals surface area (Å²) in [7, 11) is 0. The second-order valence-electron chi connectivity index (χ2n) is 8.27. The molecule has 0 aliphatic carbocycles. The zero-order valence-electron chi connectivity index (χ0n) is 18.7. The number of hydrogen-bond donors (Lipinski definition) is 0. The van der Waals surface area contributed by atoms with Crippen molar-refractivity contribution in [1.82, 2.24) is 15.0 Å². The Balaban J connectivity index is 1.38. The fourth-order valence-corrected chi connectivity index (χ4v) is 4.13. The monoisotopic (exact) mass is 453 g/mol. The summed E-state index contributed by atoms with van der Waals surface area (Å²) in [6, 6.07) is 13.9. The number of para-hydroxylation sites is 1. The first kappa shape index (κ1) is 22.4. The largest absolute Gasteiger partial charge is 0.488 e. The second kappa shape index (κ2) is 9.76. The van der Waals surface area contributed by atoms with Crippen molar-refractivity contribution in [3.8, 4) is 5.75 Å². The van der Waals surface area contributed by atoms with Gasteiger partial charge >= 0.3 is 0 Å². The van der Waals surface area contributed by atoms with E-state index >= 15 is 0 Å². The molecule has 1 fully saturated rings. The molecule has 0 unspecified atom stereocenters. The molecule has 0 saturated carbocycles. The molecular formula is C25H28ClN3O3. The summed E-state index contributed by atoms with van der Waals surface area (Å²) in [5.41, 5.74) is 4.39. The molecule has 0 spiro atoms. The first-order chi connectivity index (χ1) is 15.4. The Bertz CT molecular complexity index is 1070. The first-order valence-electron chi connectivity index (χ1n) is 10.8. The number of benzene rings is 2. The number of nitrogens with zero attached hydrogens (tertiary/aromatic N) is 3. The fourth-order valence-electron chi connectivity index (χ4n) is 4.01. The van der Waals surface area contributed by atoms with Gasteiger partial charge in [-0.2, -0.15) is 0 Å². The smallest absolute Gasteiger partial charge is 0.276 e. The summed E-state index contributed by atoms with van der Waals surface area (Å²) in [6.07, 6.45) is 0. The molecule has 2 aromatic carbocycles. The summed E-state index contributed by atoms with van der Waals surface area (Å²) in [4.78, 5) is 17.4. The molecule has 4 rings (SSSR count). The van der Waals surface area contributed by atoms with Gasteiger partial charge in [-0.1, -0.05) is 47.1 Å². The Hall–Kier alpha value is -2.83. The summed E-state index contributed by atoms with van der Waals surface area (Å²) in [5, 5.41) is 4.81. The van der Waals surface area contributed by atoms with E-state index in [1.54, 1.807) is 0 Å². The Morgan fingerprint density at radius 2 is 1.69 bits per heavy atom. The van der Waals surface area contributed by atoms with Crippen molar-refractivity contribution in [2.75, 3.05) is 26.2 Å². The van der Waals surface area contributed by atoms with E-state index in [0.29, 0.717) is 30.1 Å². The van der Waals surface area contributed by atoms with E-state index in [2.05, 4.69) is 10.1 Å². The molecule has 7 heteroatoms. The molecule has 1 aliphatic heterocycles. The molecule has 0 N–H and O–H groups in total. The maximum Gasteiger partial charge on any atom is 0.276 e. The van der Waals surface area contributed by atoms with Gasteiger partial charge in [-0.3, -0.25) is 9.69 Å². The number of carbonyl (C=O) groups is 1. The highest BCUT2D eigenvalue weighted by Gasteiger charge is 2.28. The number of rotatable bonds is 6. The predicted molar refractivity (Wildman–Crippen MR) is 124 cm³/mol. The molecule has 168 valence electrons. The van der Waals surface area contributed by atoms with Gasteiger partial charge < -0.3 is 14.2 Å². The number of amides is 1. The number of halogens is 1. The highest BCUT2D eigenvalue weighted by atomic mass is 35.5. The number of ether oxygens (including phenoxy) is 1. The third-order valence-corrected chi connectivity index (χ3v) is 6.19. The topological polar surface area (TPSA) is 58.8 Å². The zero-order chi connectivity index (χ0) is 22.7. The van der Waals surface area contributed by atoms with E-state index in [1.807, 2.05) is 68.1 Å². The van der Waals surface area contributed by atoms with Gasteiger partial charge in [0, 0.05) is 37.7 Å². The SMILES string of the molecule is Cc1cccc(C)c1OCc1c(C(=O)N2CCN(Cc3ccc(Cl)cc3)CC2)noc1C. The highest BCUT2D eigenvalue weighted by molar-refractivity contribution is 6.30. The van der Waals surface area contributed by atoms with Crippen LogP contribution < -0.4 is 4.74 Å². The van der Waals surface area contributed by atoms with Crippen LogP contribution in [0.1, 0.15) is 38.5 Å². The average Bonchev–Trinajstić information content (AvgIpc) is 3.15. The van der Waals surface area contributed by atoms with Crippen molar-refractivity contribution >= 4 is 17.5 Å². The van der Waals surface area contributed by atoms with Gasteiger partial charge in [-0.05, 0) is 49.6 Å². The molecule has 1 saturated heterocycles. The molecule has 2 heterocycles.